The second-order valence-corrected chi connectivity index (χ2v) is 8.06. The van der Waals surface area contributed by atoms with E-state index in [2.05, 4.69) is 35.4 Å². The minimum atomic E-state index is -0.425. The molecular formula is C21H23N5O2S. The second kappa shape index (κ2) is 8.75. The normalized spacial score (nSPS) is 15.3. The fraction of sp³-hybridized carbons (Fsp3) is 0.333. The van der Waals surface area contributed by atoms with E-state index < -0.39 is 5.25 Å². The van der Waals surface area contributed by atoms with Gasteiger partial charge in [0.15, 0.2) is 0 Å². The first-order chi connectivity index (χ1) is 14.1. The van der Waals surface area contributed by atoms with Crippen LogP contribution in [-0.4, -0.2) is 57.3 Å². The summed E-state index contributed by atoms with van der Waals surface area (Å²) in [4.78, 5) is 15.2. The Morgan fingerprint density at radius 3 is 2.55 bits per heavy atom. The summed E-state index contributed by atoms with van der Waals surface area (Å²) in [6, 6.07) is 15.9. The summed E-state index contributed by atoms with van der Waals surface area (Å²) in [7, 11) is 0. The third-order valence-electron chi connectivity index (χ3n) is 5.05. The highest BCUT2D eigenvalue weighted by atomic mass is 32.2. The summed E-state index contributed by atoms with van der Waals surface area (Å²) in [5.41, 5.74) is 4.19. The standard InChI is InChI=1S/C21H23N5O2S/c1-15-8-9-18(14-16(15)2)26-21(22-23-24-26)29-19(17-6-4-3-5-7-17)20(27)25-10-12-28-13-11-25/h3-9,14,19H,10-13H2,1-2H3/t19-/m1/s1. The molecule has 1 amide bonds. The van der Waals surface area contributed by atoms with E-state index in [0.29, 0.717) is 31.5 Å². The number of carbonyl (C=O) groups is 1. The van der Waals surface area contributed by atoms with Crippen molar-refractivity contribution in [3.05, 3.63) is 65.2 Å². The molecule has 2 heterocycles. The monoisotopic (exact) mass is 409 g/mol. The van der Waals surface area contributed by atoms with E-state index in [4.69, 9.17) is 4.74 Å². The van der Waals surface area contributed by atoms with Gasteiger partial charge >= 0.3 is 0 Å². The Morgan fingerprint density at radius 2 is 1.83 bits per heavy atom. The van der Waals surface area contributed by atoms with Crippen molar-refractivity contribution in [2.24, 2.45) is 0 Å². The fourth-order valence-electron chi connectivity index (χ4n) is 3.22. The summed E-state index contributed by atoms with van der Waals surface area (Å²) in [5, 5.41) is 12.4. The van der Waals surface area contributed by atoms with E-state index in [9.17, 15) is 4.79 Å². The minimum Gasteiger partial charge on any atom is -0.378 e. The number of ether oxygens (including phenoxy) is 1. The molecule has 1 aliphatic rings. The SMILES string of the molecule is Cc1ccc(-n2nnnc2S[C@@H](C(=O)N2CCOCC2)c2ccccc2)cc1C. The topological polar surface area (TPSA) is 73.1 Å². The molecule has 3 aromatic rings. The van der Waals surface area contributed by atoms with Gasteiger partial charge in [0.05, 0.1) is 18.9 Å². The Balaban J connectivity index is 1.66. The van der Waals surface area contributed by atoms with Gasteiger partial charge in [-0.3, -0.25) is 4.79 Å². The van der Waals surface area contributed by atoms with Gasteiger partial charge in [0.25, 0.3) is 0 Å². The molecule has 0 spiro atoms. The van der Waals surface area contributed by atoms with Crippen LogP contribution in [0.25, 0.3) is 5.69 Å². The summed E-state index contributed by atoms with van der Waals surface area (Å²) in [6.45, 7) is 6.47. The van der Waals surface area contributed by atoms with Crippen LogP contribution in [0.4, 0.5) is 0 Å². The Labute approximate surface area is 174 Å². The molecule has 4 rings (SSSR count). The molecule has 1 aromatic heterocycles. The number of hydrogen-bond donors (Lipinski definition) is 0. The number of aryl methyl sites for hydroxylation is 2. The number of morpholine rings is 1. The Hall–Kier alpha value is -2.71. The lowest BCUT2D eigenvalue weighted by Gasteiger charge is -2.30. The zero-order valence-electron chi connectivity index (χ0n) is 16.5. The molecule has 0 bridgehead atoms. The first-order valence-corrected chi connectivity index (χ1v) is 10.5. The third kappa shape index (κ3) is 4.33. The molecule has 0 saturated carbocycles. The number of carbonyl (C=O) groups excluding carboxylic acids is 1. The first kappa shape index (κ1) is 19.6. The molecule has 0 N–H and O–H groups in total. The van der Waals surface area contributed by atoms with E-state index in [-0.39, 0.29) is 5.91 Å². The van der Waals surface area contributed by atoms with Crippen LogP contribution in [0.1, 0.15) is 21.9 Å². The minimum absolute atomic E-state index is 0.0548. The van der Waals surface area contributed by atoms with Gasteiger partial charge in [0, 0.05) is 13.1 Å². The summed E-state index contributed by atoms with van der Waals surface area (Å²) in [6.07, 6.45) is 0. The van der Waals surface area contributed by atoms with Crippen molar-refractivity contribution in [3.8, 4) is 5.69 Å². The maximum atomic E-state index is 13.3. The lowest BCUT2D eigenvalue weighted by molar-refractivity contribution is -0.134. The number of rotatable bonds is 5. The van der Waals surface area contributed by atoms with E-state index in [1.807, 2.05) is 47.4 Å². The van der Waals surface area contributed by atoms with Crippen LogP contribution in [0.5, 0.6) is 0 Å². The number of nitrogens with zero attached hydrogens (tertiary/aromatic N) is 5. The van der Waals surface area contributed by atoms with Gasteiger partial charge in [-0.15, -0.1) is 5.10 Å². The van der Waals surface area contributed by atoms with Gasteiger partial charge in [0.1, 0.15) is 5.25 Å². The molecule has 8 heteroatoms. The van der Waals surface area contributed by atoms with Gasteiger partial charge in [-0.1, -0.05) is 48.2 Å². The van der Waals surface area contributed by atoms with Crippen LogP contribution in [0.2, 0.25) is 0 Å². The van der Waals surface area contributed by atoms with Crippen molar-refractivity contribution >= 4 is 17.7 Å². The Kier molecular flexibility index (Phi) is 5.92. The molecule has 29 heavy (non-hydrogen) atoms. The molecule has 7 nitrogen and oxygen atoms in total. The number of amides is 1. The van der Waals surface area contributed by atoms with Gasteiger partial charge in [0.2, 0.25) is 11.1 Å². The molecule has 0 unspecified atom stereocenters. The number of benzene rings is 2. The highest BCUT2D eigenvalue weighted by Gasteiger charge is 2.30. The van der Waals surface area contributed by atoms with Crippen molar-refractivity contribution in [3.63, 3.8) is 0 Å². The Bertz CT molecular complexity index is 986. The molecule has 1 atom stereocenters. The lowest BCUT2D eigenvalue weighted by Crippen LogP contribution is -2.42. The van der Waals surface area contributed by atoms with Crippen LogP contribution < -0.4 is 0 Å². The van der Waals surface area contributed by atoms with Crippen molar-refractivity contribution in [1.29, 1.82) is 0 Å². The lowest BCUT2D eigenvalue weighted by atomic mass is 10.1. The van der Waals surface area contributed by atoms with Crippen LogP contribution in [0.3, 0.4) is 0 Å². The smallest absolute Gasteiger partial charge is 0.240 e. The van der Waals surface area contributed by atoms with E-state index >= 15 is 0 Å². The van der Waals surface area contributed by atoms with Crippen molar-refractivity contribution in [1.82, 2.24) is 25.1 Å². The zero-order valence-corrected chi connectivity index (χ0v) is 17.3. The molecule has 0 aliphatic carbocycles. The summed E-state index contributed by atoms with van der Waals surface area (Å²) >= 11 is 1.38. The van der Waals surface area contributed by atoms with Crippen molar-refractivity contribution < 1.29 is 9.53 Å². The number of hydrogen-bond acceptors (Lipinski definition) is 6. The van der Waals surface area contributed by atoms with Gasteiger partial charge in [-0.25, -0.2) is 0 Å². The highest BCUT2D eigenvalue weighted by Crippen LogP contribution is 2.36. The molecule has 2 aromatic carbocycles. The van der Waals surface area contributed by atoms with Crippen LogP contribution >= 0.6 is 11.8 Å². The average Bonchev–Trinajstić information content (AvgIpc) is 3.23. The second-order valence-electron chi connectivity index (χ2n) is 6.99. The summed E-state index contributed by atoms with van der Waals surface area (Å²) < 4.78 is 7.10. The van der Waals surface area contributed by atoms with Gasteiger partial charge in [-0.2, -0.15) is 4.68 Å². The van der Waals surface area contributed by atoms with E-state index in [1.165, 1.54) is 17.3 Å². The molecule has 1 aliphatic heterocycles. The van der Waals surface area contributed by atoms with Crippen molar-refractivity contribution in [2.75, 3.05) is 26.3 Å². The highest BCUT2D eigenvalue weighted by molar-refractivity contribution is 8.00. The fourth-order valence-corrected chi connectivity index (χ4v) is 4.29. The summed E-state index contributed by atoms with van der Waals surface area (Å²) in [5.74, 6) is 0.0548. The van der Waals surface area contributed by atoms with E-state index in [0.717, 1.165) is 16.8 Å². The third-order valence-corrected chi connectivity index (χ3v) is 6.22. The van der Waals surface area contributed by atoms with Crippen LogP contribution in [-0.2, 0) is 9.53 Å². The van der Waals surface area contributed by atoms with Crippen LogP contribution in [0.15, 0.2) is 53.7 Å². The van der Waals surface area contributed by atoms with Gasteiger partial charge < -0.3 is 9.64 Å². The largest absolute Gasteiger partial charge is 0.378 e. The molecule has 1 fully saturated rings. The Morgan fingerprint density at radius 1 is 1.07 bits per heavy atom. The quantitative estimate of drug-likeness (QED) is 0.603. The average molecular weight is 410 g/mol. The maximum absolute atomic E-state index is 13.3. The number of thioether (sulfide) groups is 1. The van der Waals surface area contributed by atoms with Gasteiger partial charge in [-0.05, 0) is 53.1 Å². The first-order valence-electron chi connectivity index (χ1n) is 9.57. The number of aromatic nitrogens is 4. The van der Waals surface area contributed by atoms with Crippen LogP contribution in [0, 0.1) is 13.8 Å². The number of tetrazole rings is 1. The maximum Gasteiger partial charge on any atom is 0.240 e. The molecule has 150 valence electrons. The zero-order chi connectivity index (χ0) is 20.2. The molecule has 0 radical (unpaired) electrons. The molecular weight excluding hydrogens is 386 g/mol. The van der Waals surface area contributed by atoms with Crippen molar-refractivity contribution in [2.45, 2.75) is 24.3 Å². The predicted octanol–water partition coefficient (Wildman–Crippen LogP) is 2.97. The molecule has 1 saturated heterocycles. The van der Waals surface area contributed by atoms with E-state index in [1.54, 1.807) is 4.68 Å². The predicted molar refractivity (Wildman–Crippen MR) is 111 cm³/mol.